The Balaban J connectivity index is 1.25. The zero-order valence-corrected chi connectivity index (χ0v) is 16.9. The second-order valence-corrected chi connectivity index (χ2v) is 8.12. The Hall–Kier alpha value is -3.40. The number of anilines is 1. The molecule has 0 fully saturated rings. The number of carbonyl (C=O) groups excluding carboxylic acids is 2. The number of nitrogens with zero attached hydrogens (tertiary/aromatic N) is 3. The van der Waals surface area contributed by atoms with Crippen LogP contribution in [-0.2, 0) is 17.8 Å². The minimum Gasteiger partial charge on any atom is -0.485 e. The minimum atomic E-state index is -0.677. The number of carbonyl (C=O) groups is 2. The van der Waals surface area contributed by atoms with Crippen LogP contribution in [0, 0.1) is 6.92 Å². The Bertz CT molecular complexity index is 1120. The van der Waals surface area contributed by atoms with E-state index in [1.165, 1.54) is 11.3 Å². The lowest BCUT2D eigenvalue weighted by molar-refractivity contribution is -0.142. The van der Waals surface area contributed by atoms with Crippen LogP contribution in [0.2, 0.25) is 0 Å². The number of nitrogens with one attached hydrogen (secondary N) is 1. The van der Waals surface area contributed by atoms with Gasteiger partial charge in [0, 0.05) is 23.9 Å². The average molecular weight is 426 g/mol. The zero-order chi connectivity index (χ0) is 20.7. The van der Waals surface area contributed by atoms with Gasteiger partial charge in [-0.15, -0.1) is 0 Å². The van der Waals surface area contributed by atoms with Crippen LogP contribution in [0.15, 0.2) is 34.9 Å². The third-order valence-electron chi connectivity index (χ3n) is 4.91. The molecule has 0 saturated carbocycles. The molecule has 0 spiro atoms. The van der Waals surface area contributed by atoms with E-state index >= 15 is 0 Å². The predicted octanol–water partition coefficient (Wildman–Crippen LogP) is 2.42. The maximum Gasteiger partial charge on any atom is 0.279 e. The Morgan fingerprint density at radius 2 is 2.10 bits per heavy atom. The number of benzene rings is 1. The molecular weight excluding hydrogens is 408 g/mol. The number of para-hydroxylation sites is 2. The highest BCUT2D eigenvalue weighted by atomic mass is 32.1. The predicted molar refractivity (Wildman–Crippen MR) is 107 cm³/mol. The van der Waals surface area contributed by atoms with E-state index in [2.05, 4.69) is 15.5 Å². The lowest BCUT2D eigenvalue weighted by Crippen LogP contribution is -2.47. The van der Waals surface area contributed by atoms with Gasteiger partial charge in [0.2, 0.25) is 6.10 Å². The van der Waals surface area contributed by atoms with E-state index in [1.54, 1.807) is 24.0 Å². The van der Waals surface area contributed by atoms with Crippen molar-refractivity contribution in [2.24, 2.45) is 0 Å². The van der Waals surface area contributed by atoms with E-state index < -0.39 is 6.10 Å². The average Bonchev–Trinajstić information content (AvgIpc) is 3.37. The SMILES string of the molecule is Cc1cc(C(=O)Nc2nc3c(s2)CN(C(=O)[C@@H]2COc4ccccc4O2)CC3)no1. The summed E-state index contributed by atoms with van der Waals surface area (Å²) >= 11 is 1.35. The minimum absolute atomic E-state index is 0.118. The number of thiazole rings is 1. The first-order valence-corrected chi connectivity index (χ1v) is 10.3. The molecule has 9 nitrogen and oxygen atoms in total. The fraction of sp³-hybridized carbons (Fsp3) is 0.300. The van der Waals surface area contributed by atoms with Crippen LogP contribution in [0.3, 0.4) is 0 Å². The largest absolute Gasteiger partial charge is 0.485 e. The van der Waals surface area contributed by atoms with Crippen molar-refractivity contribution in [1.82, 2.24) is 15.0 Å². The number of aryl methyl sites for hydroxylation is 1. The molecular formula is C20H18N4O5S. The molecule has 0 unspecified atom stereocenters. The molecule has 0 aliphatic carbocycles. The maximum absolute atomic E-state index is 13.0. The van der Waals surface area contributed by atoms with Gasteiger partial charge >= 0.3 is 0 Å². The van der Waals surface area contributed by atoms with Gasteiger partial charge in [-0.25, -0.2) is 4.98 Å². The summed E-state index contributed by atoms with van der Waals surface area (Å²) in [7, 11) is 0. The van der Waals surface area contributed by atoms with Gasteiger partial charge in [-0.05, 0) is 19.1 Å². The summed E-state index contributed by atoms with van der Waals surface area (Å²) in [5.41, 5.74) is 1.09. The Labute approximate surface area is 175 Å². The highest BCUT2D eigenvalue weighted by molar-refractivity contribution is 7.15. The van der Waals surface area contributed by atoms with Crippen molar-refractivity contribution < 1.29 is 23.6 Å². The van der Waals surface area contributed by atoms with E-state index in [1.807, 2.05) is 18.2 Å². The molecule has 154 valence electrons. The van der Waals surface area contributed by atoms with Crippen molar-refractivity contribution in [3.05, 3.63) is 52.4 Å². The molecule has 2 aliphatic heterocycles. The maximum atomic E-state index is 13.0. The molecule has 2 amide bonds. The molecule has 1 N–H and O–H groups in total. The number of rotatable bonds is 3. The standard InChI is InChI=1S/C20H18N4O5S/c1-11-8-13(23-29-11)18(25)22-20-21-12-6-7-24(9-17(12)30-20)19(26)16-10-27-14-4-2-3-5-15(14)28-16/h2-5,8,16H,6-7,9-10H2,1H3,(H,21,22,25)/t16-/m0/s1. The summed E-state index contributed by atoms with van der Waals surface area (Å²) in [5, 5.41) is 6.93. The van der Waals surface area contributed by atoms with Gasteiger partial charge in [0.05, 0.1) is 12.2 Å². The third kappa shape index (κ3) is 3.50. The molecule has 0 saturated heterocycles. The third-order valence-corrected chi connectivity index (χ3v) is 5.91. The van der Waals surface area contributed by atoms with Gasteiger partial charge < -0.3 is 18.9 Å². The van der Waals surface area contributed by atoms with Crippen molar-refractivity contribution in [1.29, 1.82) is 0 Å². The Kier molecular flexibility index (Phi) is 4.62. The van der Waals surface area contributed by atoms with Crippen molar-refractivity contribution in [3.63, 3.8) is 0 Å². The quantitative estimate of drug-likeness (QED) is 0.685. The smallest absolute Gasteiger partial charge is 0.279 e. The van der Waals surface area contributed by atoms with Crippen LogP contribution < -0.4 is 14.8 Å². The van der Waals surface area contributed by atoms with Crippen molar-refractivity contribution >= 4 is 28.3 Å². The highest BCUT2D eigenvalue weighted by Crippen LogP contribution is 2.33. The van der Waals surface area contributed by atoms with Crippen molar-refractivity contribution in [2.45, 2.75) is 26.0 Å². The molecule has 2 aromatic heterocycles. The van der Waals surface area contributed by atoms with Gasteiger partial charge in [0.15, 0.2) is 22.3 Å². The van der Waals surface area contributed by atoms with Crippen LogP contribution >= 0.6 is 11.3 Å². The number of fused-ring (bicyclic) bond motifs is 2. The van der Waals surface area contributed by atoms with Crippen LogP contribution in [0.1, 0.15) is 26.8 Å². The van der Waals surface area contributed by atoms with Gasteiger partial charge in [-0.1, -0.05) is 28.6 Å². The van der Waals surface area contributed by atoms with E-state index in [4.69, 9.17) is 14.0 Å². The number of hydrogen-bond acceptors (Lipinski definition) is 8. The fourth-order valence-corrected chi connectivity index (χ4v) is 4.44. The van der Waals surface area contributed by atoms with Crippen molar-refractivity contribution in [2.75, 3.05) is 18.5 Å². The monoisotopic (exact) mass is 426 g/mol. The summed E-state index contributed by atoms with van der Waals surface area (Å²) in [6.45, 7) is 2.86. The molecule has 3 aromatic rings. The van der Waals surface area contributed by atoms with Crippen LogP contribution in [0.4, 0.5) is 5.13 Å². The summed E-state index contributed by atoms with van der Waals surface area (Å²) in [6, 6.07) is 8.87. The van der Waals surface area contributed by atoms with Crippen LogP contribution in [0.25, 0.3) is 0 Å². The van der Waals surface area contributed by atoms with E-state index in [0.717, 1.165) is 10.6 Å². The summed E-state index contributed by atoms with van der Waals surface area (Å²) in [6.07, 6.45) is -0.0651. The van der Waals surface area contributed by atoms with E-state index in [9.17, 15) is 9.59 Å². The molecule has 2 aliphatic rings. The number of amides is 2. The second kappa shape index (κ2) is 7.45. The molecule has 5 rings (SSSR count). The highest BCUT2D eigenvalue weighted by Gasteiger charge is 2.33. The summed E-state index contributed by atoms with van der Waals surface area (Å²) in [5.74, 6) is 1.28. The van der Waals surface area contributed by atoms with Gasteiger partial charge in [-0.3, -0.25) is 14.9 Å². The number of ether oxygens (including phenoxy) is 2. The van der Waals surface area contributed by atoms with Crippen LogP contribution in [-0.4, -0.2) is 46.1 Å². The fourth-order valence-electron chi connectivity index (χ4n) is 3.42. The molecule has 10 heteroatoms. The lowest BCUT2D eigenvalue weighted by Gasteiger charge is -2.32. The molecule has 0 bridgehead atoms. The Morgan fingerprint density at radius 3 is 2.90 bits per heavy atom. The summed E-state index contributed by atoms with van der Waals surface area (Å²) in [4.78, 5) is 32.4. The summed E-state index contributed by atoms with van der Waals surface area (Å²) < 4.78 is 16.4. The lowest BCUT2D eigenvalue weighted by atomic mass is 10.1. The molecule has 0 radical (unpaired) electrons. The second-order valence-electron chi connectivity index (χ2n) is 7.04. The molecule has 1 atom stereocenters. The first kappa shape index (κ1) is 18.6. The first-order chi connectivity index (χ1) is 14.6. The first-order valence-electron chi connectivity index (χ1n) is 9.47. The van der Waals surface area contributed by atoms with Gasteiger partial charge in [0.25, 0.3) is 11.8 Å². The zero-order valence-electron chi connectivity index (χ0n) is 16.1. The Morgan fingerprint density at radius 1 is 1.27 bits per heavy atom. The van der Waals surface area contributed by atoms with E-state index in [-0.39, 0.29) is 24.1 Å². The van der Waals surface area contributed by atoms with Gasteiger partial charge in [0.1, 0.15) is 12.4 Å². The molecule has 1 aromatic carbocycles. The van der Waals surface area contributed by atoms with E-state index in [0.29, 0.717) is 41.9 Å². The molecule has 4 heterocycles. The van der Waals surface area contributed by atoms with Gasteiger partial charge in [-0.2, -0.15) is 0 Å². The van der Waals surface area contributed by atoms with Crippen molar-refractivity contribution in [3.8, 4) is 11.5 Å². The topological polar surface area (TPSA) is 107 Å². The van der Waals surface area contributed by atoms with Crippen LogP contribution in [0.5, 0.6) is 11.5 Å². The normalized spacial score (nSPS) is 17.4. The number of hydrogen-bond donors (Lipinski definition) is 1. The number of aromatic nitrogens is 2. The molecule has 30 heavy (non-hydrogen) atoms.